The third kappa shape index (κ3) is 3.02. The first kappa shape index (κ1) is 16.2. The molecule has 3 aromatic rings. The number of carbonyl (C=O) groups is 1. The van der Waals surface area contributed by atoms with Crippen LogP contribution in [-0.4, -0.2) is 27.0 Å². The van der Waals surface area contributed by atoms with E-state index >= 15 is 0 Å². The van der Waals surface area contributed by atoms with Crippen molar-refractivity contribution in [2.75, 3.05) is 6.54 Å². The zero-order valence-corrected chi connectivity index (χ0v) is 13.0. The number of thiophene rings is 1. The SMILES string of the molecule is C=CCNC(=O)c1cc2nc(-c3cccs3)cc(C(F)(F)F)n2n1. The van der Waals surface area contributed by atoms with Gasteiger partial charge in [0, 0.05) is 12.6 Å². The molecule has 0 aliphatic rings. The van der Waals surface area contributed by atoms with Gasteiger partial charge in [-0.1, -0.05) is 12.1 Å². The lowest BCUT2D eigenvalue weighted by molar-refractivity contribution is -0.142. The van der Waals surface area contributed by atoms with Crippen molar-refractivity contribution in [1.82, 2.24) is 19.9 Å². The molecule has 0 aliphatic heterocycles. The maximum Gasteiger partial charge on any atom is 0.433 e. The molecule has 24 heavy (non-hydrogen) atoms. The van der Waals surface area contributed by atoms with Gasteiger partial charge >= 0.3 is 6.18 Å². The Morgan fingerprint density at radius 1 is 1.42 bits per heavy atom. The summed E-state index contributed by atoms with van der Waals surface area (Å²) in [6, 6.07) is 5.56. The summed E-state index contributed by atoms with van der Waals surface area (Å²) < 4.78 is 40.7. The highest BCUT2D eigenvalue weighted by Crippen LogP contribution is 2.33. The Balaban J connectivity index is 2.16. The van der Waals surface area contributed by atoms with Crippen LogP contribution in [0, 0.1) is 0 Å². The van der Waals surface area contributed by atoms with Gasteiger partial charge in [0.25, 0.3) is 5.91 Å². The summed E-state index contributed by atoms with van der Waals surface area (Å²) in [5, 5.41) is 7.96. The van der Waals surface area contributed by atoms with Crippen LogP contribution in [0.25, 0.3) is 16.2 Å². The van der Waals surface area contributed by atoms with Gasteiger partial charge in [0.05, 0.1) is 10.6 Å². The molecule has 124 valence electrons. The van der Waals surface area contributed by atoms with Crippen molar-refractivity contribution in [2.24, 2.45) is 0 Å². The monoisotopic (exact) mass is 352 g/mol. The number of carbonyl (C=O) groups excluding carboxylic acids is 1. The number of hydrogen-bond acceptors (Lipinski definition) is 4. The normalized spacial score (nSPS) is 11.6. The van der Waals surface area contributed by atoms with E-state index in [0.717, 1.165) is 6.07 Å². The number of alkyl halides is 3. The van der Waals surface area contributed by atoms with E-state index in [1.54, 1.807) is 17.5 Å². The Kier molecular flexibility index (Phi) is 4.10. The van der Waals surface area contributed by atoms with E-state index in [0.29, 0.717) is 9.39 Å². The van der Waals surface area contributed by atoms with E-state index < -0.39 is 17.8 Å². The molecule has 3 aromatic heterocycles. The molecule has 0 fully saturated rings. The molecule has 1 amide bonds. The molecule has 5 nitrogen and oxygen atoms in total. The van der Waals surface area contributed by atoms with E-state index in [2.05, 4.69) is 22.0 Å². The highest BCUT2D eigenvalue weighted by atomic mass is 32.1. The minimum absolute atomic E-state index is 0.0445. The smallest absolute Gasteiger partial charge is 0.347 e. The Morgan fingerprint density at radius 3 is 2.83 bits per heavy atom. The van der Waals surface area contributed by atoms with Gasteiger partial charge in [0.15, 0.2) is 17.0 Å². The first-order chi connectivity index (χ1) is 11.4. The summed E-state index contributed by atoms with van der Waals surface area (Å²) in [5.74, 6) is -0.591. The van der Waals surface area contributed by atoms with Crippen LogP contribution in [0.15, 0.2) is 42.3 Å². The van der Waals surface area contributed by atoms with E-state index in [-0.39, 0.29) is 23.6 Å². The molecule has 0 atom stereocenters. The Labute approximate surface area is 138 Å². The van der Waals surface area contributed by atoms with Gasteiger partial charge in [0.2, 0.25) is 0 Å². The van der Waals surface area contributed by atoms with E-state index in [1.165, 1.54) is 23.5 Å². The third-order valence-corrected chi connectivity index (χ3v) is 4.02. The number of aromatic nitrogens is 3. The van der Waals surface area contributed by atoms with Crippen LogP contribution >= 0.6 is 11.3 Å². The van der Waals surface area contributed by atoms with Crippen molar-refractivity contribution < 1.29 is 18.0 Å². The number of nitrogens with zero attached hydrogens (tertiary/aromatic N) is 3. The van der Waals surface area contributed by atoms with Gasteiger partial charge in [-0.25, -0.2) is 9.50 Å². The van der Waals surface area contributed by atoms with Crippen molar-refractivity contribution in [3.63, 3.8) is 0 Å². The van der Waals surface area contributed by atoms with Crippen LogP contribution in [-0.2, 0) is 6.18 Å². The molecule has 0 bridgehead atoms. The molecule has 0 aromatic carbocycles. The molecular formula is C15H11F3N4OS. The highest BCUT2D eigenvalue weighted by Gasteiger charge is 2.35. The Bertz CT molecular complexity index is 899. The number of rotatable bonds is 4. The topological polar surface area (TPSA) is 59.3 Å². The fraction of sp³-hybridized carbons (Fsp3) is 0.133. The zero-order chi connectivity index (χ0) is 17.3. The van der Waals surface area contributed by atoms with E-state index in [9.17, 15) is 18.0 Å². The van der Waals surface area contributed by atoms with Gasteiger partial charge in [-0.15, -0.1) is 17.9 Å². The quantitative estimate of drug-likeness (QED) is 0.732. The first-order valence-corrected chi connectivity index (χ1v) is 7.69. The van der Waals surface area contributed by atoms with Crippen LogP contribution in [0.1, 0.15) is 16.2 Å². The van der Waals surface area contributed by atoms with Crippen LogP contribution in [0.4, 0.5) is 13.2 Å². The predicted molar refractivity (Wildman–Crippen MR) is 83.8 cm³/mol. The minimum atomic E-state index is -4.63. The molecule has 1 N–H and O–H groups in total. The fourth-order valence-corrected chi connectivity index (χ4v) is 2.78. The molecule has 0 unspecified atom stereocenters. The predicted octanol–water partition coefficient (Wildman–Crippen LogP) is 3.39. The highest BCUT2D eigenvalue weighted by molar-refractivity contribution is 7.13. The molecule has 0 aliphatic carbocycles. The Hall–Kier alpha value is -2.68. The number of amides is 1. The largest absolute Gasteiger partial charge is 0.433 e. The second-order valence-corrected chi connectivity index (χ2v) is 5.75. The molecule has 0 saturated carbocycles. The van der Waals surface area contributed by atoms with Crippen molar-refractivity contribution >= 4 is 22.9 Å². The second kappa shape index (κ2) is 6.08. The van der Waals surface area contributed by atoms with Crippen molar-refractivity contribution in [1.29, 1.82) is 0 Å². The lowest BCUT2D eigenvalue weighted by Crippen LogP contribution is -2.23. The lowest BCUT2D eigenvalue weighted by atomic mass is 10.2. The maximum atomic E-state index is 13.4. The van der Waals surface area contributed by atoms with E-state index in [1.807, 2.05) is 0 Å². The van der Waals surface area contributed by atoms with Gasteiger partial charge in [-0.05, 0) is 17.5 Å². The number of halogens is 3. The molecule has 0 radical (unpaired) electrons. The van der Waals surface area contributed by atoms with Gasteiger partial charge < -0.3 is 5.32 Å². The number of fused-ring (bicyclic) bond motifs is 1. The summed E-state index contributed by atoms with van der Waals surface area (Å²) in [7, 11) is 0. The van der Waals surface area contributed by atoms with Crippen LogP contribution in [0.3, 0.4) is 0 Å². The summed E-state index contributed by atoms with van der Waals surface area (Å²) >= 11 is 1.28. The standard InChI is InChI=1S/C15H11F3N4OS/c1-2-5-19-14(23)10-8-13-20-9(11-4-3-6-24-11)7-12(15(16,17)18)22(13)21-10/h2-4,6-8H,1,5H2,(H,19,23). The average molecular weight is 352 g/mol. The van der Waals surface area contributed by atoms with Crippen LogP contribution in [0.5, 0.6) is 0 Å². The number of hydrogen-bond donors (Lipinski definition) is 1. The summed E-state index contributed by atoms with van der Waals surface area (Å²) in [6.45, 7) is 3.64. The van der Waals surface area contributed by atoms with Gasteiger partial charge in [0.1, 0.15) is 0 Å². The molecule has 9 heteroatoms. The molecular weight excluding hydrogens is 341 g/mol. The van der Waals surface area contributed by atoms with Gasteiger partial charge in [-0.3, -0.25) is 4.79 Å². The number of nitrogens with one attached hydrogen (secondary N) is 1. The summed E-state index contributed by atoms with van der Waals surface area (Å²) in [4.78, 5) is 16.7. The summed E-state index contributed by atoms with van der Waals surface area (Å²) in [6.07, 6.45) is -3.17. The van der Waals surface area contributed by atoms with Crippen LogP contribution < -0.4 is 5.32 Å². The average Bonchev–Trinajstić information content (AvgIpc) is 3.19. The van der Waals surface area contributed by atoms with E-state index in [4.69, 9.17) is 0 Å². The van der Waals surface area contributed by atoms with Crippen molar-refractivity contribution in [3.8, 4) is 10.6 Å². The Morgan fingerprint density at radius 2 is 2.21 bits per heavy atom. The zero-order valence-electron chi connectivity index (χ0n) is 12.2. The minimum Gasteiger partial charge on any atom is -0.347 e. The molecule has 0 spiro atoms. The van der Waals surface area contributed by atoms with Crippen molar-refractivity contribution in [3.05, 3.63) is 53.7 Å². The molecule has 3 rings (SSSR count). The van der Waals surface area contributed by atoms with Gasteiger partial charge in [-0.2, -0.15) is 18.3 Å². The second-order valence-electron chi connectivity index (χ2n) is 4.80. The fourth-order valence-electron chi connectivity index (χ4n) is 2.09. The van der Waals surface area contributed by atoms with Crippen molar-refractivity contribution in [2.45, 2.75) is 6.18 Å². The molecule has 3 heterocycles. The third-order valence-electron chi connectivity index (χ3n) is 3.13. The first-order valence-electron chi connectivity index (χ1n) is 6.81. The maximum absolute atomic E-state index is 13.4. The lowest BCUT2D eigenvalue weighted by Gasteiger charge is -2.10. The van der Waals surface area contributed by atoms with Crippen LogP contribution in [0.2, 0.25) is 0 Å². The summed E-state index contributed by atoms with van der Waals surface area (Å²) in [5.41, 5.74) is -0.989. The molecule has 0 saturated heterocycles.